The molecule has 0 aromatic heterocycles. The Hall–Kier alpha value is -2.34. The van der Waals surface area contributed by atoms with E-state index in [0.717, 1.165) is 17.3 Å². The van der Waals surface area contributed by atoms with Crippen molar-refractivity contribution >= 4 is 33.6 Å². The Kier molecular flexibility index (Phi) is 6.28. The number of likely N-dealkylation sites (tertiary alicyclic amines) is 1. The van der Waals surface area contributed by atoms with E-state index in [0.29, 0.717) is 25.2 Å². The standard InChI is InChI=1S/C20H22BrN3O2/c21-16-9-4-5-10-17(16)23-20(26)24-14-6-11-18(24)19(25)22-13-12-15-7-2-1-3-8-15/h1-5,7-10,18H,6,11-14H2,(H,22,25)(H,23,26). The minimum absolute atomic E-state index is 0.0827. The van der Waals surface area contributed by atoms with Crippen LogP contribution in [0.5, 0.6) is 0 Å². The number of halogens is 1. The Morgan fingerprint density at radius 2 is 1.81 bits per heavy atom. The van der Waals surface area contributed by atoms with E-state index in [-0.39, 0.29) is 11.9 Å². The van der Waals surface area contributed by atoms with Gasteiger partial charge in [0, 0.05) is 17.6 Å². The first kappa shape index (κ1) is 18.5. The number of nitrogens with one attached hydrogen (secondary N) is 2. The predicted octanol–water partition coefficient (Wildman–Crippen LogP) is 3.80. The number of para-hydroxylation sites is 1. The Balaban J connectivity index is 1.54. The van der Waals surface area contributed by atoms with Gasteiger partial charge in [-0.3, -0.25) is 4.79 Å². The topological polar surface area (TPSA) is 61.4 Å². The molecule has 5 nitrogen and oxygen atoms in total. The van der Waals surface area contributed by atoms with E-state index in [9.17, 15) is 9.59 Å². The summed E-state index contributed by atoms with van der Waals surface area (Å²) in [6, 6.07) is 16.8. The van der Waals surface area contributed by atoms with Crippen molar-refractivity contribution in [1.82, 2.24) is 10.2 Å². The number of rotatable bonds is 5. The van der Waals surface area contributed by atoms with Crippen LogP contribution in [0.25, 0.3) is 0 Å². The van der Waals surface area contributed by atoms with Crippen LogP contribution >= 0.6 is 15.9 Å². The fraction of sp³-hybridized carbons (Fsp3) is 0.300. The van der Waals surface area contributed by atoms with Gasteiger partial charge in [0.2, 0.25) is 5.91 Å². The summed E-state index contributed by atoms with van der Waals surface area (Å²) in [6.07, 6.45) is 2.31. The van der Waals surface area contributed by atoms with Crippen LogP contribution in [-0.2, 0) is 11.2 Å². The lowest BCUT2D eigenvalue weighted by molar-refractivity contribution is -0.124. The van der Waals surface area contributed by atoms with Crippen LogP contribution < -0.4 is 10.6 Å². The van der Waals surface area contributed by atoms with Crippen molar-refractivity contribution < 1.29 is 9.59 Å². The van der Waals surface area contributed by atoms with Crippen molar-refractivity contribution in [2.75, 3.05) is 18.4 Å². The van der Waals surface area contributed by atoms with Crippen LogP contribution in [0.3, 0.4) is 0 Å². The maximum absolute atomic E-state index is 12.6. The summed E-state index contributed by atoms with van der Waals surface area (Å²) in [5, 5.41) is 5.84. The highest BCUT2D eigenvalue weighted by Gasteiger charge is 2.34. The zero-order valence-corrected chi connectivity index (χ0v) is 16.0. The fourth-order valence-corrected chi connectivity index (χ4v) is 3.51. The minimum atomic E-state index is -0.409. The molecule has 1 saturated heterocycles. The third-order valence-electron chi connectivity index (χ3n) is 4.49. The number of urea groups is 1. The highest BCUT2D eigenvalue weighted by molar-refractivity contribution is 9.10. The zero-order chi connectivity index (χ0) is 18.4. The average molecular weight is 416 g/mol. The molecule has 1 heterocycles. The summed E-state index contributed by atoms with van der Waals surface area (Å²) in [6.45, 7) is 1.16. The number of hydrogen-bond acceptors (Lipinski definition) is 2. The average Bonchev–Trinajstić information content (AvgIpc) is 3.14. The van der Waals surface area contributed by atoms with E-state index in [2.05, 4.69) is 26.6 Å². The second kappa shape index (κ2) is 8.85. The second-order valence-corrected chi connectivity index (χ2v) is 7.14. The molecule has 136 valence electrons. The minimum Gasteiger partial charge on any atom is -0.354 e. The number of amides is 3. The molecule has 3 rings (SSSR count). The van der Waals surface area contributed by atoms with Crippen molar-refractivity contribution in [3.63, 3.8) is 0 Å². The molecule has 1 atom stereocenters. The molecule has 3 amide bonds. The SMILES string of the molecule is O=C(NCCc1ccccc1)C1CCCN1C(=O)Nc1ccccc1Br. The van der Waals surface area contributed by atoms with Gasteiger partial charge in [0.25, 0.3) is 0 Å². The van der Waals surface area contributed by atoms with Crippen LogP contribution in [0.1, 0.15) is 18.4 Å². The van der Waals surface area contributed by atoms with Crippen LogP contribution in [-0.4, -0.2) is 36.0 Å². The van der Waals surface area contributed by atoms with Gasteiger partial charge in [-0.2, -0.15) is 0 Å². The Labute approximate surface area is 161 Å². The lowest BCUT2D eigenvalue weighted by Crippen LogP contribution is -2.47. The molecule has 0 spiro atoms. The third kappa shape index (κ3) is 4.64. The lowest BCUT2D eigenvalue weighted by atomic mass is 10.1. The van der Waals surface area contributed by atoms with E-state index >= 15 is 0 Å². The smallest absolute Gasteiger partial charge is 0.322 e. The number of benzene rings is 2. The van der Waals surface area contributed by atoms with Crippen LogP contribution in [0.2, 0.25) is 0 Å². The molecule has 1 unspecified atom stereocenters. The van der Waals surface area contributed by atoms with E-state index in [4.69, 9.17) is 0 Å². The van der Waals surface area contributed by atoms with E-state index in [1.807, 2.05) is 54.6 Å². The molecular formula is C20H22BrN3O2. The predicted molar refractivity (Wildman–Crippen MR) is 106 cm³/mol. The van der Waals surface area contributed by atoms with Gasteiger partial charge in [0.15, 0.2) is 0 Å². The van der Waals surface area contributed by atoms with Gasteiger partial charge < -0.3 is 15.5 Å². The fourth-order valence-electron chi connectivity index (χ4n) is 3.12. The molecule has 0 saturated carbocycles. The quantitative estimate of drug-likeness (QED) is 0.779. The summed E-state index contributed by atoms with van der Waals surface area (Å²) >= 11 is 3.42. The molecule has 1 fully saturated rings. The van der Waals surface area contributed by atoms with Gasteiger partial charge in [0.05, 0.1) is 5.69 Å². The third-order valence-corrected chi connectivity index (χ3v) is 5.18. The molecule has 0 radical (unpaired) electrons. The van der Waals surface area contributed by atoms with Gasteiger partial charge in [-0.05, 0) is 52.9 Å². The first-order valence-electron chi connectivity index (χ1n) is 8.79. The van der Waals surface area contributed by atoms with Gasteiger partial charge >= 0.3 is 6.03 Å². The van der Waals surface area contributed by atoms with E-state index in [1.54, 1.807) is 4.90 Å². The van der Waals surface area contributed by atoms with E-state index in [1.165, 1.54) is 5.56 Å². The van der Waals surface area contributed by atoms with Crippen LogP contribution in [0, 0.1) is 0 Å². The lowest BCUT2D eigenvalue weighted by Gasteiger charge is -2.24. The number of carbonyl (C=O) groups is 2. The monoisotopic (exact) mass is 415 g/mol. The number of anilines is 1. The maximum Gasteiger partial charge on any atom is 0.322 e. The van der Waals surface area contributed by atoms with Crippen molar-refractivity contribution in [1.29, 1.82) is 0 Å². The number of carbonyl (C=O) groups excluding carboxylic acids is 2. The second-order valence-electron chi connectivity index (χ2n) is 6.29. The van der Waals surface area contributed by atoms with Crippen molar-refractivity contribution in [3.05, 3.63) is 64.6 Å². The molecule has 0 bridgehead atoms. The molecule has 2 aromatic rings. The van der Waals surface area contributed by atoms with Gasteiger partial charge in [0.1, 0.15) is 6.04 Å². The Bertz CT molecular complexity index is 767. The van der Waals surface area contributed by atoms with Crippen molar-refractivity contribution in [2.45, 2.75) is 25.3 Å². The molecule has 26 heavy (non-hydrogen) atoms. The molecule has 1 aliphatic heterocycles. The van der Waals surface area contributed by atoms with E-state index < -0.39 is 6.04 Å². The Morgan fingerprint density at radius 1 is 1.08 bits per heavy atom. The van der Waals surface area contributed by atoms with Gasteiger partial charge in [-0.15, -0.1) is 0 Å². The largest absolute Gasteiger partial charge is 0.354 e. The zero-order valence-electron chi connectivity index (χ0n) is 14.5. The van der Waals surface area contributed by atoms with Gasteiger partial charge in [-0.1, -0.05) is 42.5 Å². The molecule has 6 heteroatoms. The Morgan fingerprint density at radius 3 is 2.58 bits per heavy atom. The number of hydrogen-bond donors (Lipinski definition) is 2. The van der Waals surface area contributed by atoms with Crippen molar-refractivity contribution in [3.8, 4) is 0 Å². The molecule has 1 aliphatic rings. The number of nitrogens with zero attached hydrogens (tertiary/aromatic N) is 1. The highest BCUT2D eigenvalue weighted by atomic mass is 79.9. The first-order valence-corrected chi connectivity index (χ1v) is 9.58. The van der Waals surface area contributed by atoms with Gasteiger partial charge in [-0.25, -0.2) is 4.79 Å². The molecule has 2 aromatic carbocycles. The van der Waals surface area contributed by atoms with Crippen LogP contribution in [0.15, 0.2) is 59.1 Å². The first-order chi connectivity index (χ1) is 12.6. The summed E-state index contributed by atoms with van der Waals surface area (Å²) in [5.74, 6) is -0.0827. The molecule has 0 aliphatic carbocycles. The summed E-state index contributed by atoms with van der Waals surface area (Å²) in [4.78, 5) is 26.7. The molecule has 2 N–H and O–H groups in total. The van der Waals surface area contributed by atoms with Crippen LogP contribution in [0.4, 0.5) is 10.5 Å². The van der Waals surface area contributed by atoms with Crippen molar-refractivity contribution in [2.24, 2.45) is 0 Å². The maximum atomic E-state index is 12.6. The molecular weight excluding hydrogens is 394 g/mol. The highest BCUT2D eigenvalue weighted by Crippen LogP contribution is 2.24. The normalized spacial score (nSPS) is 16.3. The summed E-state index contributed by atoms with van der Waals surface area (Å²) in [7, 11) is 0. The summed E-state index contributed by atoms with van der Waals surface area (Å²) in [5.41, 5.74) is 1.88. The summed E-state index contributed by atoms with van der Waals surface area (Å²) < 4.78 is 0.816.